The van der Waals surface area contributed by atoms with E-state index >= 15 is 0 Å². The highest BCUT2D eigenvalue weighted by Gasteiger charge is 2.19. The fourth-order valence-electron chi connectivity index (χ4n) is 4.83. The van der Waals surface area contributed by atoms with Gasteiger partial charge in [0, 0.05) is 34.3 Å². The number of aromatic nitrogens is 3. The molecule has 0 radical (unpaired) electrons. The van der Waals surface area contributed by atoms with Crippen molar-refractivity contribution in [2.24, 2.45) is 0 Å². The Balaban J connectivity index is 1.17. The van der Waals surface area contributed by atoms with Crippen LogP contribution in [-0.2, 0) is 0 Å². The summed E-state index contributed by atoms with van der Waals surface area (Å²) in [6.07, 6.45) is 2.24. The number of ether oxygens (including phenoxy) is 1. The number of para-hydroxylation sites is 2. The summed E-state index contributed by atoms with van der Waals surface area (Å²) in [4.78, 5) is 18.7. The van der Waals surface area contributed by atoms with Gasteiger partial charge >= 0.3 is 0 Å². The highest BCUT2D eigenvalue weighted by molar-refractivity contribution is 6.04. The van der Waals surface area contributed by atoms with Crippen molar-refractivity contribution < 1.29 is 9.53 Å². The van der Waals surface area contributed by atoms with Crippen molar-refractivity contribution in [3.8, 4) is 22.9 Å². The van der Waals surface area contributed by atoms with Crippen molar-refractivity contribution in [3.63, 3.8) is 0 Å². The zero-order valence-corrected chi connectivity index (χ0v) is 21.2. The minimum atomic E-state index is -0.216. The molecule has 1 aliphatic heterocycles. The number of amides is 1. The van der Waals surface area contributed by atoms with Crippen LogP contribution in [-0.4, -0.2) is 52.2 Å². The summed E-state index contributed by atoms with van der Waals surface area (Å²) in [5.41, 5.74) is 4.01. The van der Waals surface area contributed by atoms with Gasteiger partial charge in [-0.15, -0.1) is 0 Å². The summed E-state index contributed by atoms with van der Waals surface area (Å²) >= 11 is 0. The van der Waals surface area contributed by atoms with Gasteiger partial charge in [-0.2, -0.15) is 5.10 Å². The van der Waals surface area contributed by atoms with Gasteiger partial charge in [0.25, 0.3) is 5.91 Å². The lowest BCUT2D eigenvalue weighted by atomic mass is 10.0. The summed E-state index contributed by atoms with van der Waals surface area (Å²) in [5, 5.41) is 14.8. The van der Waals surface area contributed by atoms with Crippen LogP contribution in [0, 0.1) is 0 Å². The number of piperidine rings is 1. The molecular weight excluding hydrogens is 476 g/mol. The lowest BCUT2D eigenvalue weighted by Gasteiger charge is -2.30. The number of anilines is 2. The Morgan fingerprint density at radius 2 is 1.71 bits per heavy atom. The van der Waals surface area contributed by atoms with Gasteiger partial charge in [-0.1, -0.05) is 30.3 Å². The van der Waals surface area contributed by atoms with E-state index in [1.807, 2.05) is 78.9 Å². The predicted octanol–water partition coefficient (Wildman–Crippen LogP) is 6.11. The smallest absolute Gasteiger partial charge is 0.256 e. The van der Waals surface area contributed by atoms with Crippen molar-refractivity contribution >= 4 is 28.3 Å². The van der Waals surface area contributed by atoms with E-state index in [2.05, 4.69) is 37.8 Å². The SMILES string of the molecule is CN1CCC(Nc2ccc(C(=O)Nc3cc(-c4[nH]c5ccccc5c4Oc4ccccc4)[nH]n3)cc2)CC1. The maximum Gasteiger partial charge on any atom is 0.256 e. The molecule has 8 nitrogen and oxygen atoms in total. The van der Waals surface area contributed by atoms with E-state index in [4.69, 9.17) is 4.74 Å². The van der Waals surface area contributed by atoms with Gasteiger partial charge < -0.3 is 25.3 Å². The van der Waals surface area contributed by atoms with E-state index in [1.165, 1.54) is 0 Å². The van der Waals surface area contributed by atoms with Crippen LogP contribution >= 0.6 is 0 Å². The number of carbonyl (C=O) groups excluding carboxylic acids is 1. The third-order valence-electron chi connectivity index (χ3n) is 6.95. The number of hydrogen-bond acceptors (Lipinski definition) is 5. The molecule has 1 saturated heterocycles. The largest absolute Gasteiger partial charge is 0.454 e. The van der Waals surface area contributed by atoms with E-state index < -0.39 is 0 Å². The highest BCUT2D eigenvalue weighted by atomic mass is 16.5. The molecule has 1 amide bonds. The third-order valence-corrected chi connectivity index (χ3v) is 6.95. The zero-order chi connectivity index (χ0) is 25.9. The first-order valence-corrected chi connectivity index (χ1v) is 12.9. The molecule has 0 atom stereocenters. The van der Waals surface area contributed by atoms with Crippen LogP contribution in [0.25, 0.3) is 22.3 Å². The molecule has 192 valence electrons. The van der Waals surface area contributed by atoms with Crippen LogP contribution in [0.2, 0.25) is 0 Å². The van der Waals surface area contributed by atoms with Crippen LogP contribution in [0.15, 0.2) is 84.9 Å². The Morgan fingerprint density at radius 1 is 0.974 bits per heavy atom. The monoisotopic (exact) mass is 506 g/mol. The minimum absolute atomic E-state index is 0.216. The van der Waals surface area contributed by atoms with Gasteiger partial charge in [-0.05, 0) is 81.5 Å². The Kier molecular flexibility index (Phi) is 6.54. The molecule has 4 N–H and O–H groups in total. The van der Waals surface area contributed by atoms with Crippen LogP contribution in [0.3, 0.4) is 0 Å². The lowest BCUT2D eigenvalue weighted by Crippen LogP contribution is -2.36. The second-order valence-corrected chi connectivity index (χ2v) is 9.71. The number of likely N-dealkylation sites (tertiary alicyclic amines) is 1. The number of carbonyl (C=O) groups is 1. The normalized spacial score (nSPS) is 14.4. The number of rotatable bonds is 7. The average molecular weight is 507 g/mol. The van der Waals surface area contributed by atoms with E-state index in [0.717, 1.165) is 54.0 Å². The second-order valence-electron chi connectivity index (χ2n) is 9.71. The van der Waals surface area contributed by atoms with E-state index in [0.29, 0.717) is 28.9 Å². The van der Waals surface area contributed by atoms with Gasteiger partial charge in [-0.25, -0.2) is 0 Å². The molecule has 2 aromatic heterocycles. The van der Waals surface area contributed by atoms with Crippen LogP contribution in [0.4, 0.5) is 11.5 Å². The minimum Gasteiger partial charge on any atom is -0.454 e. The highest BCUT2D eigenvalue weighted by Crippen LogP contribution is 2.39. The molecule has 0 aliphatic carbocycles. The number of hydrogen-bond donors (Lipinski definition) is 4. The number of nitrogens with one attached hydrogen (secondary N) is 4. The van der Waals surface area contributed by atoms with Gasteiger partial charge in [0.15, 0.2) is 11.6 Å². The second kappa shape index (κ2) is 10.4. The van der Waals surface area contributed by atoms with Gasteiger partial charge in [0.2, 0.25) is 0 Å². The maximum atomic E-state index is 12.9. The van der Waals surface area contributed by atoms with Gasteiger partial charge in [0.1, 0.15) is 11.4 Å². The molecular formula is C30H30N6O2. The fourth-order valence-corrected chi connectivity index (χ4v) is 4.83. The molecule has 1 aliphatic rings. The Bertz CT molecular complexity index is 1530. The number of H-pyrrole nitrogens is 2. The summed E-state index contributed by atoms with van der Waals surface area (Å²) in [5.74, 6) is 1.65. The van der Waals surface area contributed by atoms with Crippen LogP contribution in [0.5, 0.6) is 11.5 Å². The van der Waals surface area contributed by atoms with Crippen LogP contribution in [0.1, 0.15) is 23.2 Å². The average Bonchev–Trinajstić information content (AvgIpc) is 3.55. The maximum absolute atomic E-state index is 12.9. The molecule has 3 heterocycles. The van der Waals surface area contributed by atoms with Crippen LogP contribution < -0.4 is 15.4 Å². The van der Waals surface area contributed by atoms with Crippen molar-refractivity contribution in [1.82, 2.24) is 20.1 Å². The number of fused-ring (bicyclic) bond motifs is 1. The quantitative estimate of drug-likeness (QED) is 0.214. The first-order valence-electron chi connectivity index (χ1n) is 12.9. The topological polar surface area (TPSA) is 98.1 Å². The lowest BCUT2D eigenvalue weighted by molar-refractivity contribution is 0.102. The van der Waals surface area contributed by atoms with Crippen molar-refractivity contribution in [3.05, 3.63) is 90.5 Å². The molecule has 0 unspecified atom stereocenters. The molecule has 38 heavy (non-hydrogen) atoms. The van der Waals surface area contributed by atoms with Crippen molar-refractivity contribution in [2.45, 2.75) is 18.9 Å². The summed E-state index contributed by atoms with van der Waals surface area (Å²) < 4.78 is 6.27. The number of benzene rings is 3. The van der Waals surface area contributed by atoms with E-state index in [1.54, 1.807) is 6.07 Å². The van der Waals surface area contributed by atoms with Crippen molar-refractivity contribution in [2.75, 3.05) is 30.8 Å². The molecule has 3 aromatic carbocycles. The summed E-state index contributed by atoms with van der Waals surface area (Å²) in [6.45, 7) is 2.20. The Labute approximate surface area is 221 Å². The first kappa shape index (κ1) is 23.8. The number of nitrogens with zero attached hydrogens (tertiary/aromatic N) is 2. The summed E-state index contributed by atoms with van der Waals surface area (Å²) in [7, 11) is 2.16. The molecule has 5 aromatic rings. The zero-order valence-electron chi connectivity index (χ0n) is 21.2. The Hall–Kier alpha value is -4.56. The standard InChI is InChI=1S/C30H30N6O2/c1-36-17-15-22(16-18-36)31-21-13-11-20(12-14-21)30(37)33-27-19-26(34-35-27)28-29(38-23-7-3-2-4-8-23)24-9-5-6-10-25(24)32-28/h2-14,19,22,31-32H,15-18H2,1H3,(H2,33,34,35,37). The molecule has 0 saturated carbocycles. The van der Waals surface area contributed by atoms with Crippen molar-refractivity contribution in [1.29, 1.82) is 0 Å². The Morgan fingerprint density at radius 3 is 2.50 bits per heavy atom. The molecule has 8 heteroatoms. The number of aromatic amines is 2. The molecule has 0 bridgehead atoms. The van der Waals surface area contributed by atoms with Gasteiger partial charge in [-0.3, -0.25) is 9.89 Å². The molecule has 0 spiro atoms. The first-order chi connectivity index (χ1) is 18.6. The van der Waals surface area contributed by atoms with E-state index in [-0.39, 0.29) is 5.91 Å². The van der Waals surface area contributed by atoms with E-state index in [9.17, 15) is 4.79 Å². The van der Waals surface area contributed by atoms with Gasteiger partial charge in [0.05, 0.1) is 5.69 Å². The fraction of sp³-hybridized carbons (Fsp3) is 0.200. The summed E-state index contributed by atoms with van der Waals surface area (Å²) in [6, 6.07) is 27.5. The molecule has 6 rings (SSSR count). The third kappa shape index (κ3) is 5.12. The predicted molar refractivity (Wildman–Crippen MR) is 151 cm³/mol. The molecule has 1 fully saturated rings.